The van der Waals surface area contributed by atoms with Crippen molar-refractivity contribution in [3.63, 3.8) is 0 Å². The minimum Gasteiger partial charge on any atom is -0.311 e. The summed E-state index contributed by atoms with van der Waals surface area (Å²) in [5, 5.41) is 8.89. The number of hydrogen-bond donors (Lipinski definition) is 1. The van der Waals surface area contributed by atoms with Crippen molar-refractivity contribution in [1.29, 1.82) is 0 Å². The van der Waals surface area contributed by atoms with E-state index in [1.807, 2.05) is 24.0 Å². The second-order valence-corrected chi connectivity index (χ2v) is 5.79. The van der Waals surface area contributed by atoms with E-state index in [0.29, 0.717) is 16.1 Å². The van der Waals surface area contributed by atoms with Gasteiger partial charge < -0.3 is 5.32 Å². The first-order valence-corrected chi connectivity index (χ1v) is 7.29. The second kappa shape index (κ2) is 6.57. The van der Waals surface area contributed by atoms with E-state index in [-0.39, 0.29) is 6.04 Å². The first-order chi connectivity index (χ1) is 9.51. The summed E-state index contributed by atoms with van der Waals surface area (Å²) in [5.74, 6) is 0. The molecule has 0 amide bonds. The lowest BCUT2D eigenvalue weighted by molar-refractivity contribution is 0.512. The van der Waals surface area contributed by atoms with E-state index < -0.39 is 0 Å². The van der Waals surface area contributed by atoms with Gasteiger partial charge in [0.2, 0.25) is 0 Å². The molecule has 0 aliphatic rings. The molecule has 20 heavy (non-hydrogen) atoms. The number of nitrogens with one attached hydrogen (secondary N) is 1. The Morgan fingerprint density at radius 1 is 1.35 bits per heavy atom. The summed E-state index contributed by atoms with van der Waals surface area (Å²) in [7, 11) is 1.89. The Bertz CT molecular complexity index is 580. The van der Waals surface area contributed by atoms with Crippen molar-refractivity contribution in [3.8, 4) is 0 Å². The summed E-state index contributed by atoms with van der Waals surface area (Å²) in [6.45, 7) is 4.20. The largest absolute Gasteiger partial charge is 0.311 e. The zero-order valence-electron chi connectivity index (χ0n) is 11.8. The maximum atomic E-state index is 6.21. The molecule has 2 aromatic heterocycles. The Labute approximate surface area is 129 Å². The Balaban J connectivity index is 2.19. The van der Waals surface area contributed by atoms with Crippen LogP contribution in [0.1, 0.15) is 37.3 Å². The number of nitrogens with zero attached hydrogens (tertiary/aromatic N) is 3. The molecule has 0 bridgehead atoms. The van der Waals surface area contributed by atoms with Crippen molar-refractivity contribution in [2.24, 2.45) is 0 Å². The number of hydrogen-bond acceptors (Lipinski definition) is 3. The number of pyridine rings is 1. The van der Waals surface area contributed by atoms with Crippen LogP contribution in [0.25, 0.3) is 0 Å². The fourth-order valence-corrected chi connectivity index (χ4v) is 2.51. The van der Waals surface area contributed by atoms with Crippen molar-refractivity contribution < 1.29 is 0 Å². The molecule has 0 aliphatic carbocycles. The third kappa shape index (κ3) is 3.51. The molecule has 0 aliphatic heterocycles. The molecule has 1 unspecified atom stereocenters. The van der Waals surface area contributed by atoms with Crippen LogP contribution < -0.4 is 5.32 Å². The molecule has 4 nitrogen and oxygen atoms in total. The molecular formula is C14H18Cl2N4. The molecule has 2 rings (SSSR count). The van der Waals surface area contributed by atoms with E-state index in [1.54, 1.807) is 12.3 Å². The Morgan fingerprint density at radius 3 is 2.65 bits per heavy atom. The van der Waals surface area contributed by atoms with E-state index >= 15 is 0 Å². The van der Waals surface area contributed by atoms with E-state index in [0.717, 1.165) is 17.8 Å². The maximum Gasteiger partial charge on any atom is 0.0764 e. The van der Waals surface area contributed by atoms with Crippen molar-refractivity contribution >= 4 is 23.2 Å². The van der Waals surface area contributed by atoms with Crippen molar-refractivity contribution in [2.45, 2.75) is 32.4 Å². The van der Waals surface area contributed by atoms with Crippen LogP contribution in [-0.4, -0.2) is 21.8 Å². The standard InChI is InChI=1S/C14H18Cl2N4/c1-9(2)20-5-4-11(19-20)7-13(17-3)14-12(16)6-10(15)8-18-14/h4-6,8-9,13,17H,7H2,1-3H3. The van der Waals surface area contributed by atoms with E-state index in [4.69, 9.17) is 23.2 Å². The molecule has 0 saturated carbocycles. The summed E-state index contributed by atoms with van der Waals surface area (Å²) in [4.78, 5) is 4.33. The highest BCUT2D eigenvalue weighted by Gasteiger charge is 2.17. The van der Waals surface area contributed by atoms with Gasteiger partial charge >= 0.3 is 0 Å². The summed E-state index contributed by atoms with van der Waals surface area (Å²) in [5.41, 5.74) is 1.79. The van der Waals surface area contributed by atoms with Crippen LogP contribution >= 0.6 is 23.2 Å². The predicted molar refractivity (Wildman–Crippen MR) is 82.4 cm³/mol. The molecule has 0 aromatic carbocycles. The molecule has 0 fully saturated rings. The van der Waals surface area contributed by atoms with E-state index in [9.17, 15) is 0 Å². The SMILES string of the molecule is CNC(Cc1ccn(C(C)C)n1)c1ncc(Cl)cc1Cl. The van der Waals surface area contributed by atoms with Gasteiger partial charge in [0.1, 0.15) is 0 Å². The van der Waals surface area contributed by atoms with Gasteiger partial charge in [-0.2, -0.15) is 5.10 Å². The average Bonchev–Trinajstić information content (AvgIpc) is 2.85. The zero-order chi connectivity index (χ0) is 14.7. The van der Waals surface area contributed by atoms with Crippen LogP contribution in [0, 0.1) is 0 Å². The fraction of sp³-hybridized carbons (Fsp3) is 0.429. The van der Waals surface area contributed by atoms with Crippen LogP contribution in [0.5, 0.6) is 0 Å². The molecular weight excluding hydrogens is 295 g/mol. The molecule has 0 radical (unpaired) electrons. The van der Waals surface area contributed by atoms with Crippen LogP contribution in [0.4, 0.5) is 0 Å². The number of rotatable bonds is 5. The predicted octanol–water partition coefficient (Wildman–Crippen LogP) is 3.67. The highest BCUT2D eigenvalue weighted by atomic mass is 35.5. The highest BCUT2D eigenvalue weighted by Crippen LogP contribution is 2.25. The summed E-state index contributed by atoms with van der Waals surface area (Å²) < 4.78 is 1.94. The van der Waals surface area contributed by atoms with Crippen LogP contribution in [0.15, 0.2) is 24.5 Å². The Morgan fingerprint density at radius 2 is 2.10 bits per heavy atom. The summed E-state index contributed by atoms with van der Waals surface area (Å²) >= 11 is 12.1. The van der Waals surface area contributed by atoms with Crippen LogP contribution in [0.3, 0.4) is 0 Å². The van der Waals surface area contributed by atoms with Gasteiger partial charge in [-0.1, -0.05) is 23.2 Å². The van der Waals surface area contributed by atoms with E-state index in [2.05, 4.69) is 29.2 Å². The van der Waals surface area contributed by atoms with Crippen molar-refractivity contribution in [2.75, 3.05) is 7.05 Å². The minimum atomic E-state index is 0.00952. The maximum absolute atomic E-state index is 6.21. The Hall–Kier alpha value is -1.10. The van der Waals surface area contributed by atoms with Gasteiger partial charge in [-0.3, -0.25) is 9.67 Å². The van der Waals surface area contributed by atoms with Gasteiger partial charge in [0.25, 0.3) is 0 Å². The molecule has 108 valence electrons. The molecule has 2 aromatic rings. The summed E-state index contributed by atoms with van der Waals surface area (Å²) in [6.07, 6.45) is 4.33. The van der Waals surface area contributed by atoms with Crippen molar-refractivity contribution in [1.82, 2.24) is 20.1 Å². The lowest BCUT2D eigenvalue weighted by Crippen LogP contribution is -2.21. The van der Waals surface area contributed by atoms with Gasteiger partial charge in [0, 0.05) is 24.9 Å². The molecule has 0 saturated heterocycles. The zero-order valence-corrected chi connectivity index (χ0v) is 13.3. The normalized spacial score (nSPS) is 12.9. The third-order valence-electron chi connectivity index (χ3n) is 3.12. The molecule has 0 spiro atoms. The van der Waals surface area contributed by atoms with Gasteiger partial charge in [0.15, 0.2) is 0 Å². The topological polar surface area (TPSA) is 42.7 Å². The van der Waals surface area contributed by atoms with Gasteiger partial charge in [-0.25, -0.2) is 0 Å². The molecule has 1 N–H and O–H groups in total. The molecule has 1 atom stereocenters. The van der Waals surface area contributed by atoms with Crippen LogP contribution in [0.2, 0.25) is 10.0 Å². The van der Waals surface area contributed by atoms with Crippen LogP contribution in [-0.2, 0) is 6.42 Å². The second-order valence-electron chi connectivity index (χ2n) is 4.95. The smallest absolute Gasteiger partial charge is 0.0764 e. The summed E-state index contributed by atoms with van der Waals surface area (Å²) in [6, 6.07) is 4.10. The Kier molecular flexibility index (Phi) is 5.02. The van der Waals surface area contributed by atoms with Gasteiger partial charge in [0.05, 0.1) is 27.5 Å². The van der Waals surface area contributed by atoms with Gasteiger partial charge in [-0.15, -0.1) is 0 Å². The highest BCUT2D eigenvalue weighted by molar-refractivity contribution is 6.34. The molecule has 6 heteroatoms. The lowest BCUT2D eigenvalue weighted by Gasteiger charge is -2.16. The number of aromatic nitrogens is 3. The van der Waals surface area contributed by atoms with Crippen molar-refractivity contribution in [3.05, 3.63) is 46.0 Å². The lowest BCUT2D eigenvalue weighted by atomic mass is 10.1. The fourth-order valence-electron chi connectivity index (χ4n) is 2.00. The first kappa shape index (κ1) is 15.3. The number of halogens is 2. The van der Waals surface area contributed by atoms with Gasteiger partial charge in [-0.05, 0) is 33.0 Å². The van der Waals surface area contributed by atoms with E-state index in [1.165, 1.54) is 0 Å². The number of likely N-dealkylation sites (N-methyl/N-ethyl adjacent to an activating group) is 1. The third-order valence-corrected chi connectivity index (χ3v) is 3.63. The minimum absolute atomic E-state index is 0.00952. The quantitative estimate of drug-likeness (QED) is 0.916. The molecule has 2 heterocycles. The first-order valence-electron chi connectivity index (χ1n) is 6.53. The average molecular weight is 313 g/mol. The monoisotopic (exact) mass is 312 g/mol.